The molecule has 0 saturated heterocycles. The van der Waals surface area contributed by atoms with Crippen molar-refractivity contribution in [1.29, 1.82) is 0 Å². The number of rotatable bonds is 1. The van der Waals surface area contributed by atoms with E-state index in [0.29, 0.717) is 11.0 Å². The first-order valence-electron chi connectivity index (χ1n) is 5.16. The Kier molecular flexibility index (Phi) is 2.49. The molecule has 1 heterocycles. The molecule has 1 N–H and O–H groups in total. The Balaban J connectivity index is 2.37. The molecular formula is C12H7N3O2S. The van der Waals surface area contributed by atoms with Crippen LogP contribution >= 0.6 is 11.3 Å². The maximum atomic E-state index is 10.5. The summed E-state index contributed by atoms with van der Waals surface area (Å²) in [6.45, 7) is 0. The van der Waals surface area contributed by atoms with E-state index in [0.717, 1.165) is 20.8 Å². The molecule has 0 saturated carbocycles. The third-order valence-electron chi connectivity index (χ3n) is 2.57. The lowest BCUT2D eigenvalue weighted by molar-refractivity contribution is 0.302. The topological polar surface area (TPSA) is 74.9 Å². The zero-order chi connectivity index (χ0) is 12.5. The average Bonchev–Trinajstić information content (AvgIpc) is 2.43. The standard InChI is InChI=1S/C12H7N3O2S/c16-14-7-1-3-9-11(5-7)18-12-6-8(15-17)2-4-10(12)13-9/h1-6,16H. The van der Waals surface area contributed by atoms with Crippen LogP contribution in [0.25, 0.3) is 20.8 Å². The summed E-state index contributed by atoms with van der Waals surface area (Å²) in [5.41, 5.74) is 2.02. The van der Waals surface area contributed by atoms with Crippen molar-refractivity contribution in [2.24, 2.45) is 10.3 Å². The van der Waals surface area contributed by atoms with Crippen molar-refractivity contribution in [2.75, 3.05) is 0 Å². The summed E-state index contributed by atoms with van der Waals surface area (Å²) in [6, 6.07) is 10.3. The lowest BCUT2D eigenvalue weighted by Crippen LogP contribution is -2.00. The molecule has 18 heavy (non-hydrogen) atoms. The molecule has 0 aromatic heterocycles. The number of benzene rings is 2. The summed E-state index contributed by atoms with van der Waals surface area (Å²) >= 11 is 1.48. The largest absolute Gasteiger partial charge is 0.410 e. The van der Waals surface area contributed by atoms with Crippen molar-refractivity contribution < 1.29 is 5.21 Å². The van der Waals surface area contributed by atoms with Gasteiger partial charge in [-0.15, -0.1) is 16.2 Å². The highest BCUT2D eigenvalue weighted by Gasteiger charge is 2.07. The lowest BCUT2D eigenvalue weighted by Gasteiger charge is -2.05. The second-order valence-electron chi connectivity index (χ2n) is 3.71. The fourth-order valence-corrected chi connectivity index (χ4v) is 2.75. The third-order valence-corrected chi connectivity index (χ3v) is 3.66. The van der Waals surface area contributed by atoms with Crippen LogP contribution in [0, 0.1) is 4.91 Å². The molecule has 1 aromatic carbocycles. The number of hydrogen-bond acceptors (Lipinski definition) is 6. The summed E-state index contributed by atoms with van der Waals surface area (Å²) in [5.74, 6) is 0. The van der Waals surface area contributed by atoms with Crippen LogP contribution < -0.4 is 5.36 Å². The molecular weight excluding hydrogens is 250 g/mol. The molecule has 0 amide bonds. The van der Waals surface area contributed by atoms with Crippen LogP contribution in [0.1, 0.15) is 0 Å². The molecule has 0 radical (unpaired) electrons. The van der Waals surface area contributed by atoms with E-state index in [1.807, 2.05) is 0 Å². The molecule has 3 rings (SSSR count). The van der Waals surface area contributed by atoms with Gasteiger partial charge in [-0.05, 0) is 41.6 Å². The van der Waals surface area contributed by atoms with E-state index in [4.69, 9.17) is 5.21 Å². The Morgan fingerprint density at radius 2 is 2.06 bits per heavy atom. The zero-order valence-corrected chi connectivity index (χ0v) is 9.89. The minimum Gasteiger partial charge on any atom is -0.410 e. The van der Waals surface area contributed by atoms with Gasteiger partial charge in [0, 0.05) is 0 Å². The van der Waals surface area contributed by atoms with Gasteiger partial charge >= 0.3 is 0 Å². The van der Waals surface area contributed by atoms with Crippen LogP contribution in [0.4, 0.5) is 5.69 Å². The van der Waals surface area contributed by atoms with E-state index >= 15 is 0 Å². The quantitative estimate of drug-likeness (QED) is 0.315. The molecule has 0 spiro atoms. The fourth-order valence-electron chi connectivity index (χ4n) is 1.72. The average molecular weight is 257 g/mol. The van der Waals surface area contributed by atoms with Crippen LogP contribution in [0.5, 0.6) is 0 Å². The van der Waals surface area contributed by atoms with Gasteiger partial charge in [-0.25, -0.2) is 4.98 Å². The Bertz CT molecular complexity index is 782. The van der Waals surface area contributed by atoms with E-state index in [2.05, 4.69) is 15.3 Å². The maximum Gasteiger partial charge on any atom is 0.109 e. The molecule has 1 aromatic rings. The van der Waals surface area contributed by atoms with Gasteiger partial charge in [0.2, 0.25) is 0 Å². The molecule has 0 bridgehead atoms. The number of hydrogen-bond donors (Lipinski definition) is 1. The van der Waals surface area contributed by atoms with Crippen molar-refractivity contribution in [1.82, 2.24) is 4.98 Å². The van der Waals surface area contributed by atoms with Crippen molar-refractivity contribution in [3.05, 3.63) is 46.7 Å². The van der Waals surface area contributed by atoms with Gasteiger partial charge in [0.1, 0.15) is 11.0 Å². The minimum atomic E-state index is 0.378. The van der Waals surface area contributed by atoms with E-state index < -0.39 is 0 Å². The SMILES string of the molecule is O=Nc1ccc2nc3ccc(=NO)cc-3sc2c1. The molecule has 88 valence electrons. The molecule has 0 unspecified atom stereocenters. The summed E-state index contributed by atoms with van der Waals surface area (Å²) in [4.78, 5) is 15.9. The summed E-state index contributed by atoms with van der Waals surface area (Å²) < 4.78 is 0.870. The van der Waals surface area contributed by atoms with E-state index in [1.165, 1.54) is 11.3 Å². The summed E-state index contributed by atoms with van der Waals surface area (Å²) in [6.07, 6.45) is 0. The van der Waals surface area contributed by atoms with Crippen molar-refractivity contribution in [3.63, 3.8) is 0 Å². The van der Waals surface area contributed by atoms with E-state index in [-0.39, 0.29) is 0 Å². The van der Waals surface area contributed by atoms with Crippen LogP contribution in [0.2, 0.25) is 0 Å². The molecule has 5 nitrogen and oxygen atoms in total. The van der Waals surface area contributed by atoms with E-state index in [1.54, 1.807) is 36.4 Å². The van der Waals surface area contributed by atoms with Gasteiger partial charge in [-0.3, -0.25) is 0 Å². The third kappa shape index (κ3) is 1.72. The Labute approximate surface area is 105 Å². The molecule has 0 atom stereocenters. The van der Waals surface area contributed by atoms with Crippen LogP contribution in [-0.2, 0) is 0 Å². The van der Waals surface area contributed by atoms with Crippen LogP contribution in [0.15, 0.2) is 46.7 Å². The zero-order valence-electron chi connectivity index (χ0n) is 9.07. The van der Waals surface area contributed by atoms with Gasteiger partial charge in [0.15, 0.2) is 0 Å². The van der Waals surface area contributed by atoms with Crippen molar-refractivity contribution >= 4 is 27.2 Å². The van der Waals surface area contributed by atoms with Crippen molar-refractivity contribution in [3.8, 4) is 10.6 Å². The van der Waals surface area contributed by atoms with Gasteiger partial charge in [0.25, 0.3) is 0 Å². The minimum absolute atomic E-state index is 0.378. The predicted molar refractivity (Wildman–Crippen MR) is 69.0 cm³/mol. The normalized spacial score (nSPS) is 12.1. The first-order valence-corrected chi connectivity index (χ1v) is 5.98. The van der Waals surface area contributed by atoms with E-state index in [9.17, 15) is 4.91 Å². The summed E-state index contributed by atoms with van der Waals surface area (Å²) in [5, 5.41) is 15.3. The highest BCUT2D eigenvalue weighted by Crippen LogP contribution is 2.31. The van der Waals surface area contributed by atoms with Crippen LogP contribution in [0.3, 0.4) is 0 Å². The smallest absolute Gasteiger partial charge is 0.109 e. The number of aromatic nitrogens is 1. The number of fused-ring (bicyclic) bond motifs is 2. The first kappa shape index (κ1) is 10.8. The molecule has 6 heteroatoms. The van der Waals surface area contributed by atoms with Gasteiger partial charge in [-0.1, -0.05) is 5.16 Å². The fraction of sp³-hybridized carbons (Fsp3) is 0. The Hall–Kier alpha value is -2.34. The monoisotopic (exact) mass is 257 g/mol. The predicted octanol–water partition coefficient (Wildman–Crippen LogP) is 3.09. The van der Waals surface area contributed by atoms with Crippen LogP contribution in [-0.4, -0.2) is 10.2 Å². The maximum absolute atomic E-state index is 10.5. The second kappa shape index (κ2) is 4.15. The Morgan fingerprint density at radius 3 is 2.83 bits per heavy atom. The number of nitroso groups, excluding NO2 is 1. The van der Waals surface area contributed by atoms with Crippen molar-refractivity contribution in [2.45, 2.75) is 0 Å². The van der Waals surface area contributed by atoms with Gasteiger partial charge < -0.3 is 5.21 Å². The lowest BCUT2D eigenvalue weighted by atomic mass is 10.2. The second-order valence-corrected chi connectivity index (χ2v) is 4.79. The highest BCUT2D eigenvalue weighted by atomic mass is 32.1. The molecule has 0 fully saturated rings. The molecule has 1 aliphatic carbocycles. The Morgan fingerprint density at radius 1 is 1.17 bits per heavy atom. The highest BCUT2D eigenvalue weighted by molar-refractivity contribution is 7.21. The first-order chi connectivity index (χ1) is 8.80. The summed E-state index contributed by atoms with van der Waals surface area (Å²) in [7, 11) is 0. The molecule has 1 aliphatic heterocycles. The molecule has 2 aliphatic rings. The number of nitrogens with zero attached hydrogens (tertiary/aromatic N) is 3. The van der Waals surface area contributed by atoms with Gasteiger partial charge in [0.05, 0.1) is 20.8 Å². The van der Waals surface area contributed by atoms with Gasteiger partial charge in [-0.2, -0.15) is 0 Å².